The summed E-state index contributed by atoms with van der Waals surface area (Å²) in [5.41, 5.74) is 1.18. The summed E-state index contributed by atoms with van der Waals surface area (Å²) in [5.74, 6) is 0.848. The van der Waals surface area contributed by atoms with Gasteiger partial charge in [0.25, 0.3) is 0 Å². The minimum absolute atomic E-state index is 0.0813. The van der Waals surface area contributed by atoms with Gasteiger partial charge in [-0.1, -0.05) is 6.07 Å². The summed E-state index contributed by atoms with van der Waals surface area (Å²) in [7, 11) is 3.37. The number of rotatable bonds is 7. The molecule has 0 aliphatic heterocycles. The van der Waals surface area contributed by atoms with Gasteiger partial charge in [-0.3, -0.25) is 9.69 Å². The molecule has 1 amide bonds. The first-order valence-corrected chi connectivity index (χ1v) is 8.69. The summed E-state index contributed by atoms with van der Waals surface area (Å²) < 4.78 is 24.1. The Labute approximate surface area is 162 Å². The Hall–Kier alpha value is -3.26. The van der Waals surface area contributed by atoms with Crippen molar-refractivity contribution in [2.24, 2.45) is 0 Å². The van der Waals surface area contributed by atoms with Gasteiger partial charge >= 0.3 is 0 Å². The molecule has 0 spiro atoms. The summed E-state index contributed by atoms with van der Waals surface area (Å²) in [4.78, 5) is 14.0. The summed E-state index contributed by atoms with van der Waals surface area (Å²) in [6.45, 7) is 1.94. The first kappa shape index (κ1) is 19.5. The molecule has 1 heterocycles. The average Bonchev–Trinajstić information content (AvgIpc) is 3.17. The van der Waals surface area contributed by atoms with E-state index in [9.17, 15) is 9.18 Å². The highest BCUT2D eigenvalue weighted by molar-refractivity contribution is 5.92. The molecule has 0 saturated heterocycles. The van der Waals surface area contributed by atoms with Gasteiger partial charge in [0.1, 0.15) is 11.6 Å². The number of nitrogens with zero attached hydrogens (tertiary/aromatic N) is 3. The van der Waals surface area contributed by atoms with Crippen molar-refractivity contribution >= 4 is 11.6 Å². The van der Waals surface area contributed by atoms with Crippen molar-refractivity contribution in [2.45, 2.75) is 13.0 Å². The van der Waals surface area contributed by atoms with E-state index in [-0.39, 0.29) is 18.5 Å². The minimum Gasteiger partial charge on any atom is -0.497 e. The zero-order valence-corrected chi connectivity index (χ0v) is 15.8. The summed E-state index contributed by atoms with van der Waals surface area (Å²) in [5, 5.41) is 10.8. The number of benzene rings is 2. The third-order valence-electron chi connectivity index (χ3n) is 4.30. The number of amides is 1. The van der Waals surface area contributed by atoms with Crippen LogP contribution in [-0.2, 0) is 4.79 Å². The van der Waals surface area contributed by atoms with Crippen LogP contribution in [0, 0.1) is 5.82 Å². The fourth-order valence-corrected chi connectivity index (χ4v) is 2.57. The number of methoxy groups -OCH3 is 1. The van der Waals surface area contributed by atoms with E-state index in [0.29, 0.717) is 17.5 Å². The second-order valence-electron chi connectivity index (χ2n) is 6.32. The molecule has 3 aromatic rings. The second-order valence-corrected chi connectivity index (χ2v) is 6.32. The molecular weight excluding hydrogens is 363 g/mol. The molecule has 2 aromatic carbocycles. The molecular formula is C20H21FN4O3. The molecule has 3 rings (SSSR count). The summed E-state index contributed by atoms with van der Waals surface area (Å²) >= 11 is 0. The van der Waals surface area contributed by atoms with Gasteiger partial charge in [-0.15, -0.1) is 10.2 Å². The minimum atomic E-state index is -0.406. The van der Waals surface area contributed by atoms with Crippen molar-refractivity contribution in [3.8, 4) is 17.2 Å². The third-order valence-corrected chi connectivity index (χ3v) is 4.30. The number of carbonyl (C=O) groups is 1. The molecule has 0 bridgehead atoms. The summed E-state index contributed by atoms with van der Waals surface area (Å²) in [6, 6.07) is 12.8. The van der Waals surface area contributed by atoms with Crippen LogP contribution in [0.2, 0.25) is 0 Å². The lowest BCUT2D eigenvalue weighted by molar-refractivity contribution is -0.117. The van der Waals surface area contributed by atoms with E-state index in [1.54, 1.807) is 25.1 Å². The number of likely N-dealkylation sites (N-methyl/N-ethyl adjacent to an activating group) is 1. The average molecular weight is 384 g/mol. The maximum atomic E-state index is 13.2. The maximum Gasteiger partial charge on any atom is 0.247 e. The van der Waals surface area contributed by atoms with Crippen molar-refractivity contribution in [2.75, 3.05) is 26.0 Å². The number of aromatic nitrogens is 2. The fourth-order valence-electron chi connectivity index (χ4n) is 2.57. The van der Waals surface area contributed by atoms with Gasteiger partial charge in [0.2, 0.25) is 17.7 Å². The van der Waals surface area contributed by atoms with Gasteiger partial charge < -0.3 is 14.5 Å². The second kappa shape index (κ2) is 8.62. The van der Waals surface area contributed by atoms with Crippen LogP contribution in [0.5, 0.6) is 5.75 Å². The Bertz CT molecular complexity index is 943. The van der Waals surface area contributed by atoms with Crippen LogP contribution >= 0.6 is 0 Å². The molecule has 1 aromatic heterocycles. The Kier molecular flexibility index (Phi) is 6.00. The Balaban J connectivity index is 1.62. The van der Waals surface area contributed by atoms with Crippen molar-refractivity contribution in [1.29, 1.82) is 0 Å². The molecule has 1 atom stereocenters. The number of anilines is 1. The standard InChI is InChI=1S/C20H21FN4O3/c1-13(25(2)12-18(26)22-16-6-4-5-15(21)11-16)19-23-24-20(28-19)14-7-9-17(27-3)10-8-14/h4-11,13H,12H2,1-3H3,(H,22,26)/t13-/m0/s1. The number of ether oxygens (including phenoxy) is 1. The Morgan fingerprint density at radius 3 is 2.68 bits per heavy atom. The largest absolute Gasteiger partial charge is 0.497 e. The lowest BCUT2D eigenvalue weighted by atomic mass is 10.2. The quantitative estimate of drug-likeness (QED) is 0.671. The SMILES string of the molecule is COc1ccc(-c2nnc([C@H](C)N(C)CC(=O)Nc3cccc(F)c3)o2)cc1. The molecule has 146 valence electrons. The topological polar surface area (TPSA) is 80.5 Å². The lowest BCUT2D eigenvalue weighted by Gasteiger charge is -2.21. The monoisotopic (exact) mass is 384 g/mol. The van der Waals surface area contributed by atoms with Gasteiger partial charge in [-0.05, 0) is 56.4 Å². The molecule has 7 nitrogen and oxygen atoms in total. The van der Waals surface area contributed by atoms with E-state index in [4.69, 9.17) is 9.15 Å². The number of nitrogens with one attached hydrogen (secondary N) is 1. The maximum absolute atomic E-state index is 13.2. The highest BCUT2D eigenvalue weighted by Gasteiger charge is 2.21. The van der Waals surface area contributed by atoms with Crippen LogP contribution in [0.25, 0.3) is 11.5 Å². The molecule has 1 N–H and O–H groups in total. The molecule has 0 saturated carbocycles. The van der Waals surface area contributed by atoms with E-state index in [1.807, 2.05) is 31.2 Å². The van der Waals surface area contributed by atoms with Gasteiger partial charge in [-0.25, -0.2) is 4.39 Å². The van der Waals surface area contributed by atoms with E-state index < -0.39 is 5.82 Å². The first-order chi connectivity index (χ1) is 13.5. The van der Waals surface area contributed by atoms with Crippen LogP contribution in [0.3, 0.4) is 0 Å². The van der Waals surface area contributed by atoms with Crippen LogP contribution in [0.15, 0.2) is 52.9 Å². The highest BCUT2D eigenvalue weighted by Crippen LogP contribution is 2.24. The van der Waals surface area contributed by atoms with Gasteiger partial charge in [0.15, 0.2) is 0 Å². The smallest absolute Gasteiger partial charge is 0.247 e. The molecule has 0 radical (unpaired) electrons. The Morgan fingerprint density at radius 1 is 1.25 bits per heavy atom. The number of hydrogen-bond acceptors (Lipinski definition) is 6. The zero-order chi connectivity index (χ0) is 20.1. The molecule has 0 aliphatic rings. The van der Waals surface area contributed by atoms with Crippen molar-refractivity contribution in [3.63, 3.8) is 0 Å². The highest BCUT2D eigenvalue weighted by atomic mass is 19.1. The number of hydrogen-bond donors (Lipinski definition) is 1. The van der Waals surface area contributed by atoms with Crippen LogP contribution < -0.4 is 10.1 Å². The van der Waals surface area contributed by atoms with Crippen molar-refractivity contribution in [3.05, 3.63) is 60.2 Å². The van der Waals surface area contributed by atoms with Gasteiger partial charge in [0.05, 0.1) is 19.7 Å². The van der Waals surface area contributed by atoms with Crippen LogP contribution in [0.4, 0.5) is 10.1 Å². The molecule has 0 aliphatic carbocycles. The predicted octanol–water partition coefficient (Wildman–Crippen LogP) is 3.52. The number of halogens is 1. The van der Waals surface area contributed by atoms with Crippen LogP contribution in [0.1, 0.15) is 18.9 Å². The fraction of sp³-hybridized carbons (Fsp3) is 0.250. The van der Waals surface area contributed by atoms with Crippen molar-refractivity contribution < 1.29 is 18.3 Å². The molecule has 8 heteroatoms. The van der Waals surface area contributed by atoms with E-state index in [0.717, 1.165) is 11.3 Å². The normalized spacial score (nSPS) is 12.0. The van der Waals surface area contributed by atoms with E-state index in [1.165, 1.54) is 18.2 Å². The molecule has 28 heavy (non-hydrogen) atoms. The third kappa shape index (κ3) is 4.72. The zero-order valence-electron chi connectivity index (χ0n) is 15.8. The van der Waals surface area contributed by atoms with Gasteiger partial charge in [-0.2, -0.15) is 0 Å². The predicted molar refractivity (Wildman–Crippen MR) is 102 cm³/mol. The number of carbonyl (C=O) groups excluding carboxylic acids is 1. The first-order valence-electron chi connectivity index (χ1n) is 8.69. The molecule has 0 fully saturated rings. The molecule has 0 unspecified atom stereocenters. The summed E-state index contributed by atoms with van der Waals surface area (Å²) in [6.07, 6.45) is 0. The van der Waals surface area contributed by atoms with E-state index >= 15 is 0 Å². The van der Waals surface area contributed by atoms with Gasteiger partial charge in [0, 0.05) is 11.3 Å². The van der Waals surface area contributed by atoms with E-state index in [2.05, 4.69) is 15.5 Å². The van der Waals surface area contributed by atoms with Crippen LogP contribution in [-0.4, -0.2) is 41.7 Å². The Morgan fingerprint density at radius 2 is 2.00 bits per heavy atom. The lowest BCUT2D eigenvalue weighted by Crippen LogP contribution is -2.32. The van der Waals surface area contributed by atoms with Crippen molar-refractivity contribution in [1.82, 2.24) is 15.1 Å².